The highest BCUT2D eigenvalue weighted by Crippen LogP contribution is 2.39. The third-order valence-electron chi connectivity index (χ3n) is 3.46. The molecule has 0 radical (unpaired) electrons. The summed E-state index contributed by atoms with van der Waals surface area (Å²) in [5, 5.41) is 9.59. The normalized spacial score (nSPS) is 22.4. The zero-order chi connectivity index (χ0) is 14.3. The Kier molecular flexibility index (Phi) is 3.33. The van der Waals surface area contributed by atoms with Crippen molar-refractivity contribution in [2.75, 3.05) is 17.7 Å². The summed E-state index contributed by atoms with van der Waals surface area (Å²) in [6, 6.07) is 0. The molecule has 0 bridgehead atoms. The maximum absolute atomic E-state index is 11.9. The van der Waals surface area contributed by atoms with Crippen LogP contribution in [-0.2, 0) is 9.59 Å². The zero-order valence-corrected chi connectivity index (χ0v) is 11.8. The Hall–Kier alpha value is -1.70. The van der Waals surface area contributed by atoms with Crippen LogP contribution < -0.4 is 4.90 Å². The number of hydrogen-bond acceptors (Lipinski definition) is 6. The van der Waals surface area contributed by atoms with Crippen LogP contribution in [0.3, 0.4) is 0 Å². The topological polar surface area (TPSA) is 96.3 Å². The first-order chi connectivity index (χ1) is 9.58. The number of anilines is 1. The number of amides is 1. The number of nitrogens with zero attached hydrogens (tertiary/aromatic N) is 4. The lowest BCUT2D eigenvalue weighted by molar-refractivity contribution is -0.141. The van der Waals surface area contributed by atoms with E-state index in [1.165, 1.54) is 16.7 Å². The van der Waals surface area contributed by atoms with Gasteiger partial charge in [-0.25, -0.2) is 4.98 Å². The van der Waals surface area contributed by atoms with Crippen LogP contribution in [0.1, 0.15) is 31.0 Å². The second kappa shape index (κ2) is 5.01. The Balaban J connectivity index is 1.91. The lowest BCUT2D eigenvalue weighted by atomic mass is 10.1. The molecular formula is C12H14N4O3S. The summed E-state index contributed by atoms with van der Waals surface area (Å²) in [5.41, 5.74) is 0. The molecule has 1 aliphatic carbocycles. The maximum atomic E-state index is 11.9. The van der Waals surface area contributed by atoms with Crippen LogP contribution >= 0.6 is 11.8 Å². The SMILES string of the molecule is CSc1nc(C2CC2)nc(N2CC(C(=O)O)CC2=O)n1. The second-order valence-corrected chi connectivity index (χ2v) is 5.77. The van der Waals surface area contributed by atoms with Crippen molar-refractivity contribution in [3.8, 4) is 0 Å². The highest BCUT2D eigenvalue weighted by Gasteiger charge is 2.37. The van der Waals surface area contributed by atoms with E-state index in [9.17, 15) is 9.59 Å². The molecular weight excluding hydrogens is 280 g/mol. The van der Waals surface area contributed by atoms with Gasteiger partial charge in [-0.2, -0.15) is 9.97 Å². The summed E-state index contributed by atoms with van der Waals surface area (Å²) < 4.78 is 0. The second-order valence-electron chi connectivity index (χ2n) is 5.00. The molecule has 2 fully saturated rings. The van der Waals surface area contributed by atoms with Crippen LogP contribution in [0.25, 0.3) is 0 Å². The lowest BCUT2D eigenvalue weighted by Gasteiger charge is -2.15. The van der Waals surface area contributed by atoms with E-state index in [0.29, 0.717) is 22.8 Å². The minimum Gasteiger partial charge on any atom is -0.481 e. The maximum Gasteiger partial charge on any atom is 0.308 e. The van der Waals surface area contributed by atoms with E-state index in [1.807, 2.05) is 6.26 Å². The van der Waals surface area contributed by atoms with Crippen molar-refractivity contribution in [1.29, 1.82) is 0 Å². The van der Waals surface area contributed by atoms with Crippen molar-refractivity contribution in [2.24, 2.45) is 5.92 Å². The number of hydrogen-bond donors (Lipinski definition) is 1. The third-order valence-corrected chi connectivity index (χ3v) is 4.01. The van der Waals surface area contributed by atoms with Gasteiger partial charge in [0, 0.05) is 18.9 Å². The molecule has 7 nitrogen and oxygen atoms in total. The van der Waals surface area contributed by atoms with Gasteiger partial charge in [-0.15, -0.1) is 0 Å². The average Bonchev–Trinajstić information content (AvgIpc) is 3.21. The van der Waals surface area contributed by atoms with Gasteiger partial charge >= 0.3 is 5.97 Å². The molecule has 1 N–H and O–H groups in total. The molecule has 1 unspecified atom stereocenters. The molecule has 1 saturated carbocycles. The number of carboxylic acids is 1. The predicted molar refractivity (Wildman–Crippen MR) is 71.7 cm³/mol. The molecule has 0 aromatic carbocycles. The number of aromatic nitrogens is 3. The minimum absolute atomic E-state index is 0.00831. The Morgan fingerprint density at radius 3 is 2.65 bits per heavy atom. The van der Waals surface area contributed by atoms with Gasteiger partial charge in [0.2, 0.25) is 11.9 Å². The number of aliphatic carboxylic acids is 1. The molecule has 2 heterocycles. The van der Waals surface area contributed by atoms with Gasteiger partial charge in [-0.1, -0.05) is 11.8 Å². The summed E-state index contributed by atoms with van der Waals surface area (Å²) in [4.78, 5) is 37.2. The van der Waals surface area contributed by atoms with Gasteiger partial charge in [-0.3, -0.25) is 14.5 Å². The summed E-state index contributed by atoms with van der Waals surface area (Å²) >= 11 is 1.39. The van der Waals surface area contributed by atoms with E-state index >= 15 is 0 Å². The fraction of sp³-hybridized carbons (Fsp3) is 0.583. The summed E-state index contributed by atoms with van der Waals surface area (Å²) in [5.74, 6) is -0.511. The zero-order valence-electron chi connectivity index (χ0n) is 10.9. The highest BCUT2D eigenvalue weighted by molar-refractivity contribution is 7.98. The molecule has 2 aliphatic rings. The first-order valence-corrected chi connectivity index (χ1v) is 7.64. The van der Waals surface area contributed by atoms with Crippen molar-refractivity contribution < 1.29 is 14.7 Å². The van der Waals surface area contributed by atoms with E-state index in [-0.39, 0.29) is 18.9 Å². The van der Waals surface area contributed by atoms with Crippen molar-refractivity contribution in [3.05, 3.63) is 5.82 Å². The van der Waals surface area contributed by atoms with E-state index in [0.717, 1.165) is 12.8 Å². The molecule has 1 aromatic heterocycles. The van der Waals surface area contributed by atoms with Gasteiger partial charge in [0.15, 0.2) is 5.16 Å². The van der Waals surface area contributed by atoms with E-state index in [1.54, 1.807) is 0 Å². The van der Waals surface area contributed by atoms with Crippen LogP contribution in [0.2, 0.25) is 0 Å². The van der Waals surface area contributed by atoms with Gasteiger partial charge in [0.1, 0.15) is 5.82 Å². The Morgan fingerprint density at radius 2 is 2.10 bits per heavy atom. The van der Waals surface area contributed by atoms with Gasteiger partial charge < -0.3 is 5.11 Å². The minimum atomic E-state index is -0.956. The van der Waals surface area contributed by atoms with Crippen LogP contribution in [0, 0.1) is 5.92 Å². The van der Waals surface area contributed by atoms with Gasteiger partial charge in [-0.05, 0) is 19.1 Å². The number of carbonyl (C=O) groups excluding carboxylic acids is 1. The third kappa shape index (κ3) is 2.47. The molecule has 3 rings (SSSR count). The lowest BCUT2D eigenvalue weighted by Crippen LogP contribution is -2.28. The Labute approximate surface area is 119 Å². The molecule has 1 aromatic rings. The average molecular weight is 294 g/mol. The van der Waals surface area contributed by atoms with Crippen molar-refractivity contribution in [2.45, 2.75) is 30.3 Å². The number of rotatable bonds is 4. The molecule has 1 amide bonds. The van der Waals surface area contributed by atoms with Crippen molar-refractivity contribution in [1.82, 2.24) is 15.0 Å². The fourth-order valence-corrected chi connectivity index (χ4v) is 2.52. The molecule has 20 heavy (non-hydrogen) atoms. The summed E-state index contributed by atoms with van der Waals surface area (Å²) in [7, 11) is 0. The smallest absolute Gasteiger partial charge is 0.308 e. The highest BCUT2D eigenvalue weighted by atomic mass is 32.2. The predicted octanol–water partition coefficient (Wildman–Crippen LogP) is 0.908. The molecule has 106 valence electrons. The molecule has 1 saturated heterocycles. The Morgan fingerprint density at radius 1 is 1.35 bits per heavy atom. The van der Waals surface area contributed by atoms with E-state index in [2.05, 4.69) is 15.0 Å². The summed E-state index contributed by atoms with van der Waals surface area (Å²) in [6.45, 7) is 0.135. The number of carbonyl (C=O) groups is 2. The standard InChI is InChI=1S/C12H14N4O3S/c1-20-12-14-9(6-2-3-6)13-11(15-12)16-5-7(10(18)19)4-8(16)17/h6-7H,2-5H2,1H3,(H,18,19). The van der Waals surface area contributed by atoms with Crippen LogP contribution in [0.15, 0.2) is 5.16 Å². The monoisotopic (exact) mass is 294 g/mol. The van der Waals surface area contributed by atoms with Crippen molar-refractivity contribution >= 4 is 29.6 Å². The number of carboxylic acid groups (broad SMARTS) is 1. The summed E-state index contributed by atoms with van der Waals surface area (Å²) in [6.07, 6.45) is 3.99. The fourth-order valence-electron chi connectivity index (χ4n) is 2.16. The first-order valence-electron chi connectivity index (χ1n) is 6.41. The number of thioether (sulfide) groups is 1. The largest absolute Gasteiger partial charge is 0.481 e. The quantitative estimate of drug-likeness (QED) is 0.824. The van der Waals surface area contributed by atoms with Gasteiger partial charge in [0.05, 0.1) is 5.92 Å². The molecule has 0 spiro atoms. The van der Waals surface area contributed by atoms with E-state index < -0.39 is 11.9 Å². The van der Waals surface area contributed by atoms with E-state index in [4.69, 9.17) is 5.11 Å². The molecule has 8 heteroatoms. The van der Waals surface area contributed by atoms with Crippen molar-refractivity contribution in [3.63, 3.8) is 0 Å². The van der Waals surface area contributed by atoms with Crippen LogP contribution in [0.5, 0.6) is 0 Å². The molecule has 1 atom stereocenters. The van der Waals surface area contributed by atoms with Crippen LogP contribution in [0.4, 0.5) is 5.95 Å². The first kappa shape index (κ1) is 13.3. The van der Waals surface area contributed by atoms with Gasteiger partial charge in [0.25, 0.3) is 0 Å². The Bertz CT molecular complexity index is 576. The molecule has 1 aliphatic heterocycles. The van der Waals surface area contributed by atoms with Crippen LogP contribution in [-0.4, -0.2) is 44.7 Å².